The predicted molar refractivity (Wildman–Crippen MR) is 81.1 cm³/mol. The average Bonchev–Trinajstić information content (AvgIpc) is 2.46. The van der Waals surface area contributed by atoms with Crippen LogP contribution in [0.5, 0.6) is 0 Å². The van der Waals surface area contributed by atoms with Crippen molar-refractivity contribution in [3.8, 4) is 0 Å². The molecule has 1 heterocycles. The molecule has 1 unspecified atom stereocenters. The maximum Gasteiger partial charge on any atom is 0.242 e. The Hall–Kier alpha value is -0.370. The fraction of sp³-hybridized carbons (Fsp3) is 0.538. The van der Waals surface area contributed by atoms with Crippen LogP contribution < -0.4 is 4.72 Å². The lowest BCUT2D eigenvalue weighted by Crippen LogP contribution is -2.33. The second-order valence-corrected chi connectivity index (χ2v) is 7.52. The van der Waals surface area contributed by atoms with Gasteiger partial charge in [0.2, 0.25) is 10.0 Å². The molecule has 0 amide bonds. The Labute approximate surface area is 134 Å². The summed E-state index contributed by atoms with van der Waals surface area (Å²) >= 11 is 11.8. The summed E-state index contributed by atoms with van der Waals surface area (Å²) in [6.45, 7) is 1.23. The molecule has 8 heteroatoms. The summed E-state index contributed by atoms with van der Waals surface area (Å²) in [7, 11) is -3.75. The molecule has 0 saturated carbocycles. The van der Waals surface area contributed by atoms with Crippen molar-refractivity contribution in [3.63, 3.8) is 0 Å². The summed E-state index contributed by atoms with van der Waals surface area (Å²) in [5, 5.41) is 9.44. The lowest BCUT2D eigenvalue weighted by molar-refractivity contribution is 0.0568. The molecule has 1 aliphatic rings. The second-order valence-electron chi connectivity index (χ2n) is 4.97. The van der Waals surface area contributed by atoms with Crippen LogP contribution in [0, 0.1) is 5.92 Å². The Bertz CT molecular complexity index is 600. The van der Waals surface area contributed by atoms with Crippen LogP contribution in [0.2, 0.25) is 10.0 Å². The molecule has 1 saturated heterocycles. The molecule has 1 aromatic carbocycles. The average molecular weight is 354 g/mol. The van der Waals surface area contributed by atoms with Gasteiger partial charge in [-0.3, -0.25) is 0 Å². The first kappa shape index (κ1) is 17.0. The smallest absolute Gasteiger partial charge is 0.242 e. The Morgan fingerprint density at radius 1 is 1.33 bits per heavy atom. The first-order chi connectivity index (χ1) is 9.94. The van der Waals surface area contributed by atoms with Crippen molar-refractivity contribution in [2.45, 2.75) is 24.3 Å². The monoisotopic (exact) mass is 353 g/mol. The molecule has 118 valence electrons. The fourth-order valence-electron chi connectivity index (χ4n) is 2.17. The number of sulfonamides is 1. The standard InChI is InChI=1S/C13H17Cl2NO4S/c14-11-5-12(15)13(4-10(11)7-17)21(18,19)16-6-9-2-1-3-20-8-9/h4-5,9,16-17H,1-3,6-8H2. The fourth-order valence-corrected chi connectivity index (χ4v) is 4.14. The van der Waals surface area contributed by atoms with E-state index in [1.165, 1.54) is 12.1 Å². The summed E-state index contributed by atoms with van der Waals surface area (Å²) in [5.41, 5.74) is 0.322. The SMILES string of the molecule is O=S(=O)(NCC1CCCOC1)c1cc(CO)c(Cl)cc1Cl. The summed E-state index contributed by atoms with van der Waals surface area (Å²) in [6.07, 6.45) is 1.86. The van der Waals surface area contributed by atoms with E-state index in [1.807, 2.05) is 0 Å². The van der Waals surface area contributed by atoms with E-state index in [0.29, 0.717) is 18.7 Å². The number of aliphatic hydroxyl groups is 1. The predicted octanol–water partition coefficient (Wildman–Crippen LogP) is 2.19. The number of hydrogen-bond acceptors (Lipinski definition) is 4. The highest BCUT2D eigenvalue weighted by Crippen LogP contribution is 2.28. The molecule has 2 rings (SSSR count). The van der Waals surface area contributed by atoms with Gasteiger partial charge in [-0.05, 0) is 36.5 Å². The molecular formula is C13H17Cl2NO4S. The zero-order chi connectivity index (χ0) is 15.5. The summed E-state index contributed by atoms with van der Waals surface area (Å²) in [4.78, 5) is -0.0747. The lowest BCUT2D eigenvalue weighted by Gasteiger charge is -2.22. The van der Waals surface area contributed by atoms with E-state index in [4.69, 9.17) is 27.9 Å². The minimum Gasteiger partial charge on any atom is -0.392 e. The molecule has 1 aliphatic heterocycles. The maximum atomic E-state index is 12.3. The van der Waals surface area contributed by atoms with Crippen molar-refractivity contribution in [2.24, 2.45) is 5.92 Å². The molecule has 5 nitrogen and oxygen atoms in total. The molecule has 0 bridgehead atoms. The van der Waals surface area contributed by atoms with E-state index in [1.54, 1.807) is 0 Å². The molecule has 21 heavy (non-hydrogen) atoms. The van der Waals surface area contributed by atoms with Crippen LogP contribution >= 0.6 is 23.2 Å². The first-order valence-electron chi connectivity index (χ1n) is 6.60. The number of benzene rings is 1. The van der Waals surface area contributed by atoms with Crippen molar-refractivity contribution in [1.82, 2.24) is 4.72 Å². The van der Waals surface area contributed by atoms with Crippen molar-refractivity contribution < 1.29 is 18.3 Å². The third kappa shape index (κ3) is 4.31. The molecule has 0 radical (unpaired) electrons. The van der Waals surface area contributed by atoms with Crippen LogP contribution in [0.1, 0.15) is 18.4 Å². The van der Waals surface area contributed by atoms with Gasteiger partial charge in [0, 0.05) is 18.2 Å². The van der Waals surface area contributed by atoms with Crippen LogP contribution in [0.25, 0.3) is 0 Å². The number of hydrogen-bond donors (Lipinski definition) is 2. The van der Waals surface area contributed by atoms with Gasteiger partial charge in [-0.2, -0.15) is 0 Å². The Morgan fingerprint density at radius 2 is 2.10 bits per heavy atom. The van der Waals surface area contributed by atoms with Gasteiger partial charge in [0.25, 0.3) is 0 Å². The summed E-state index contributed by atoms with van der Waals surface area (Å²) in [5.74, 6) is 0.164. The highest BCUT2D eigenvalue weighted by Gasteiger charge is 2.22. The molecule has 1 aromatic rings. The van der Waals surface area contributed by atoms with Gasteiger partial charge in [0.15, 0.2) is 0 Å². The van der Waals surface area contributed by atoms with E-state index >= 15 is 0 Å². The summed E-state index contributed by atoms with van der Waals surface area (Å²) in [6, 6.07) is 2.62. The zero-order valence-corrected chi connectivity index (χ0v) is 13.6. The number of halogens is 2. The van der Waals surface area contributed by atoms with E-state index < -0.39 is 10.0 Å². The number of aliphatic hydroxyl groups excluding tert-OH is 1. The number of rotatable bonds is 5. The van der Waals surface area contributed by atoms with Gasteiger partial charge in [0.1, 0.15) is 4.90 Å². The van der Waals surface area contributed by atoms with Gasteiger partial charge in [-0.1, -0.05) is 23.2 Å². The molecule has 1 fully saturated rings. The van der Waals surface area contributed by atoms with Crippen LogP contribution in [-0.2, 0) is 21.4 Å². The van der Waals surface area contributed by atoms with Gasteiger partial charge in [0.05, 0.1) is 18.2 Å². The third-order valence-electron chi connectivity index (χ3n) is 3.38. The van der Waals surface area contributed by atoms with Gasteiger partial charge < -0.3 is 9.84 Å². The van der Waals surface area contributed by atoms with Crippen LogP contribution in [0.3, 0.4) is 0 Å². The third-order valence-corrected chi connectivity index (χ3v) is 5.62. The summed E-state index contributed by atoms with van der Waals surface area (Å²) < 4.78 is 32.5. The molecule has 0 spiro atoms. The largest absolute Gasteiger partial charge is 0.392 e. The molecule has 0 aromatic heterocycles. The van der Waals surface area contributed by atoms with E-state index in [9.17, 15) is 13.5 Å². The van der Waals surface area contributed by atoms with Gasteiger partial charge in [-0.25, -0.2) is 13.1 Å². The van der Waals surface area contributed by atoms with Crippen molar-refractivity contribution >= 4 is 33.2 Å². The van der Waals surface area contributed by atoms with Crippen molar-refractivity contribution in [3.05, 3.63) is 27.7 Å². The Morgan fingerprint density at radius 3 is 2.71 bits per heavy atom. The van der Waals surface area contributed by atoms with Crippen LogP contribution in [0.15, 0.2) is 17.0 Å². The van der Waals surface area contributed by atoms with E-state index in [-0.39, 0.29) is 27.5 Å². The minimum atomic E-state index is -3.75. The van der Waals surface area contributed by atoms with Crippen LogP contribution in [-0.4, -0.2) is 33.3 Å². The van der Waals surface area contributed by atoms with Crippen LogP contribution in [0.4, 0.5) is 0 Å². The highest BCUT2D eigenvalue weighted by molar-refractivity contribution is 7.89. The Balaban J connectivity index is 2.15. The second kappa shape index (κ2) is 7.26. The quantitative estimate of drug-likeness (QED) is 0.850. The maximum absolute atomic E-state index is 12.3. The van der Waals surface area contributed by atoms with Gasteiger partial charge in [-0.15, -0.1) is 0 Å². The first-order valence-corrected chi connectivity index (χ1v) is 8.84. The van der Waals surface area contributed by atoms with Crippen molar-refractivity contribution in [2.75, 3.05) is 19.8 Å². The zero-order valence-electron chi connectivity index (χ0n) is 11.3. The molecule has 0 aliphatic carbocycles. The highest BCUT2D eigenvalue weighted by atomic mass is 35.5. The van der Waals surface area contributed by atoms with E-state index in [2.05, 4.69) is 4.72 Å². The molecular weight excluding hydrogens is 337 g/mol. The molecule has 1 atom stereocenters. The van der Waals surface area contributed by atoms with Gasteiger partial charge >= 0.3 is 0 Å². The number of nitrogens with one attached hydrogen (secondary N) is 1. The Kier molecular flexibility index (Phi) is 5.88. The normalized spacial score (nSPS) is 19.7. The van der Waals surface area contributed by atoms with Crippen molar-refractivity contribution in [1.29, 1.82) is 0 Å². The minimum absolute atomic E-state index is 0.0320. The molecule has 2 N–H and O–H groups in total. The van der Waals surface area contributed by atoms with E-state index in [0.717, 1.165) is 19.4 Å². The topological polar surface area (TPSA) is 75.6 Å². The lowest BCUT2D eigenvalue weighted by atomic mass is 10.0. The number of ether oxygens (including phenoxy) is 1.